The van der Waals surface area contributed by atoms with E-state index in [0.29, 0.717) is 0 Å². The third-order valence-corrected chi connectivity index (χ3v) is 4.86. The van der Waals surface area contributed by atoms with Gasteiger partial charge in [0.2, 0.25) is 0 Å². The zero-order valence-corrected chi connectivity index (χ0v) is 14.7. The van der Waals surface area contributed by atoms with E-state index in [9.17, 15) is 61.5 Å². The molecule has 0 amide bonds. The molecule has 0 heterocycles. The number of halogens is 14. The van der Waals surface area contributed by atoms with E-state index in [1.165, 1.54) is 12.2 Å². The molecule has 2 aliphatic rings. The molecular formula is C15H12F14O2. The number of hydrogen-bond donors (Lipinski definition) is 0. The zero-order valence-electron chi connectivity index (χ0n) is 14.7. The van der Waals surface area contributed by atoms with Gasteiger partial charge in [0.15, 0.2) is 0 Å². The van der Waals surface area contributed by atoms with Gasteiger partial charge < -0.3 is 9.47 Å². The Hall–Kier alpha value is -1.32. The SMILES string of the molecule is FC(F)(F)C(F)(F)C(F)(F)COC1C2C=CC(C2)C1OCC(F)(F)C(F)(F)C(F)(F)F. The van der Waals surface area contributed by atoms with Crippen LogP contribution in [0, 0.1) is 11.8 Å². The van der Waals surface area contributed by atoms with Gasteiger partial charge in [-0.1, -0.05) is 12.2 Å². The van der Waals surface area contributed by atoms with Crippen molar-refractivity contribution in [1.82, 2.24) is 0 Å². The predicted octanol–water partition coefficient (Wildman–Crippen LogP) is 5.63. The molecule has 2 nitrogen and oxygen atoms in total. The quantitative estimate of drug-likeness (QED) is 0.325. The second kappa shape index (κ2) is 7.63. The maximum absolute atomic E-state index is 13.4. The molecule has 16 heteroatoms. The number of alkyl halides is 14. The first kappa shape index (κ1) is 25.9. The summed E-state index contributed by atoms with van der Waals surface area (Å²) in [4.78, 5) is 0. The van der Waals surface area contributed by atoms with Crippen LogP contribution in [0.5, 0.6) is 0 Å². The van der Waals surface area contributed by atoms with Crippen molar-refractivity contribution in [2.24, 2.45) is 11.8 Å². The van der Waals surface area contributed by atoms with E-state index < -0.39 is 73.3 Å². The number of hydrogen-bond acceptors (Lipinski definition) is 2. The normalized spacial score (nSPS) is 27.9. The van der Waals surface area contributed by atoms with Gasteiger partial charge in [0.25, 0.3) is 0 Å². The van der Waals surface area contributed by atoms with E-state index in [4.69, 9.17) is 0 Å². The van der Waals surface area contributed by atoms with Gasteiger partial charge in [-0.05, 0) is 6.42 Å². The van der Waals surface area contributed by atoms with Gasteiger partial charge in [-0.2, -0.15) is 61.5 Å². The summed E-state index contributed by atoms with van der Waals surface area (Å²) >= 11 is 0. The molecule has 0 aromatic heterocycles. The molecule has 0 aromatic carbocycles. The summed E-state index contributed by atoms with van der Waals surface area (Å²) in [6.45, 7) is -5.09. The Bertz CT molecular complexity index is 624. The smallest absolute Gasteiger partial charge is 0.368 e. The van der Waals surface area contributed by atoms with Crippen LogP contribution in [0.4, 0.5) is 61.5 Å². The average molecular weight is 490 g/mol. The van der Waals surface area contributed by atoms with Crippen molar-refractivity contribution >= 4 is 0 Å². The second-order valence-electron chi connectivity index (χ2n) is 7.05. The van der Waals surface area contributed by atoms with Gasteiger partial charge in [0, 0.05) is 11.8 Å². The molecule has 0 spiro atoms. The molecule has 2 bridgehead atoms. The van der Waals surface area contributed by atoms with E-state index in [1.54, 1.807) is 0 Å². The second-order valence-corrected chi connectivity index (χ2v) is 7.05. The Morgan fingerprint density at radius 1 is 0.548 bits per heavy atom. The number of rotatable bonds is 8. The highest BCUT2D eigenvalue weighted by Crippen LogP contribution is 2.50. The molecular weight excluding hydrogens is 478 g/mol. The summed E-state index contributed by atoms with van der Waals surface area (Å²) in [5.74, 6) is -26.7. The molecule has 4 atom stereocenters. The predicted molar refractivity (Wildman–Crippen MR) is 72.1 cm³/mol. The minimum absolute atomic E-state index is 0.127. The van der Waals surface area contributed by atoms with Crippen LogP contribution in [0.1, 0.15) is 6.42 Å². The fourth-order valence-corrected chi connectivity index (χ4v) is 3.17. The van der Waals surface area contributed by atoms with Crippen molar-refractivity contribution < 1.29 is 70.9 Å². The molecule has 0 aromatic rings. The minimum Gasteiger partial charge on any atom is -0.368 e. The van der Waals surface area contributed by atoms with Gasteiger partial charge >= 0.3 is 36.0 Å². The van der Waals surface area contributed by atoms with Gasteiger partial charge in [-0.3, -0.25) is 0 Å². The van der Waals surface area contributed by atoms with Crippen LogP contribution >= 0.6 is 0 Å². The van der Waals surface area contributed by atoms with Crippen molar-refractivity contribution in [3.05, 3.63) is 12.2 Å². The lowest BCUT2D eigenvalue weighted by molar-refractivity contribution is -0.367. The highest BCUT2D eigenvalue weighted by Gasteiger charge is 2.74. The van der Waals surface area contributed by atoms with E-state index >= 15 is 0 Å². The first-order valence-corrected chi connectivity index (χ1v) is 8.22. The molecule has 2 rings (SSSR count). The van der Waals surface area contributed by atoms with Crippen LogP contribution in [-0.2, 0) is 9.47 Å². The summed E-state index contributed by atoms with van der Waals surface area (Å²) in [6.07, 6.45) is -14.8. The summed E-state index contributed by atoms with van der Waals surface area (Å²) in [5, 5.41) is 0. The monoisotopic (exact) mass is 490 g/mol. The molecule has 1 saturated carbocycles. The lowest BCUT2D eigenvalue weighted by Gasteiger charge is -2.34. The Balaban J connectivity index is 2.11. The van der Waals surface area contributed by atoms with Crippen LogP contribution in [0.2, 0.25) is 0 Å². The van der Waals surface area contributed by atoms with Gasteiger partial charge in [-0.15, -0.1) is 0 Å². The van der Waals surface area contributed by atoms with E-state index in [2.05, 4.69) is 9.47 Å². The van der Waals surface area contributed by atoms with Crippen LogP contribution < -0.4 is 0 Å². The van der Waals surface area contributed by atoms with E-state index in [-0.39, 0.29) is 6.42 Å². The Morgan fingerprint density at radius 3 is 1.10 bits per heavy atom. The molecule has 4 unspecified atom stereocenters. The Labute approximate surface area is 164 Å². The standard InChI is InChI=1S/C15H12F14O2/c16-10(17,12(20,21)14(24,25)26)4-30-8-6-1-2-7(3-6)9(8)31-5-11(18,19)13(22,23)15(27,28)29/h1-2,6-9H,3-5H2. The summed E-state index contributed by atoms with van der Waals surface area (Å²) in [5.41, 5.74) is 0. The largest absolute Gasteiger partial charge is 0.459 e. The zero-order chi connectivity index (χ0) is 24.3. The fourth-order valence-electron chi connectivity index (χ4n) is 3.17. The average Bonchev–Trinajstić information content (AvgIpc) is 3.17. The molecule has 0 radical (unpaired) electrons. The molecule has 182 valence electrons. The highest BCUT2D eigenvalue weighted by molar-refractivity contribution is 5.16. The molecule has 1 fully saturated rings. The van der Waals surface area contributed by atoms with Crippen molar-refractivity contribution in [2.45, 2.75) is 54.7 Å². The summed E-state index contributed by atoms with van der Waals surface area (Å²) < 4.78 is 187. The fraction of sp³-hybridized carbons (Fsp3) is 0.867. The van der Waals surface area contributed by atoms with Crippen LogP contribution in [-0.4, -0.2) is 61.5 Å². The third-order valence-electron chi connectivity index (χ3n) is 4.86. The maximum atomic E-state index is 13.4. The number of fused-ring (bicyclic) bond motifs is 2. The van der Waals surface area contributed by atoms with Gasteiger partial charge in [0.1, 0.15) is 13.2 Å². The Kier molecular flexibility index (Phi) is 6.38. The van der Waals surface area contributed by atoms with Crippen molar-refractivity contribution in [1.29, 1.82) is 0 Å². The van der Waals surface area contributed by atoms with Crippen molar-refractivity contribution in [3.8, 4) is 0 Å². The van der Waals surface area contributed by atoms with Gasteiger partial charge in [0.05, 0.1) is 12.2 Å². The lowest BCUT2D eigenvalue weighted by atomic mass is 10.0. The van der Waals surface area contributed by atoms with Crippen molar-refractivity contribution in [2.75, 3.05) is 13.2 Å². The lowest BCUT2D eigenvalue weighted by Crippen LogP contribution is -2.56. The molecule has 0 saturated heterocycles. The molecule has 0 N–H and O–H groups in total. The highest BCUT2D eigenvalue weighted by atomic mass is 19.4. The van der Waals surface area contributed by atoms with Crippen LogP contribution in [0.3, 0.4) is 0 Å². The summed E-state index contributed by atoms with van der Waals surface area (Å²) in [6, 6.07) is 0. The summed E-state index contributed by atoms with van der Waals surface area (Å²) in [7, 11) is 0. The van der Waals surface area contributed by atoms with Crippen molar-refractivity contribution in [3.63, 3.8) is 0 Å². The number of ether oxygens (including phenoxy) is 2. The first-order chi connectivity index (χ1) is 13.7. The van der Waals surface area contributed by atoms with Gasteiger partial charge in [-0.25, -0.2) is 0 Å². The first-order valence-electron chi connectivity index (χ1n) is 8.22. The maximum Gasteiger partial charge on any atom is 0.459 e. The molecule has 31 heavy (non-hydrogen) atoms. The van der Waals surface area contributed by atoms with Crippen LogP contribution in [0.25, 0.3) is 0 Å². The Morgan fingerprint density at radius 2 is 0.839 bits per heavy atom. The molecule has 0 aliphatic heterocycles. The third kappa shape index (κ3) is 4.46. The topological polar surface area (TPSA) is 18.5 Å². The van der Waals surface area contributed by atoms with E-state index in [0.717, 1.165) is 0 Å². The van der Waals surface area contributed by atoms with E-state index in [1.807, 2.05) is 0 Å². The minimum atomic E-state index is -6.66. The molecule has 2 aliphatic carbocycles. The van der Waals surface area contributed by atoms with Crippen LogP contribution in [0.15, 0.2) is 12.2 Å².